The van der Waals surface area contributed by atoms with Gasteiger partial charge in [0.2, 0.25) is 11.8 Å². The van der Waals surface area contributed by atoms with Crippen LogP contribution in [0.3, 0.4) is 0 Å². The Morgan fingerprint density at radius 1 is 1.12 bits per heavy atom. The molecular formula is C20H26N2O2. The average molecular weight is 326 g/mol. The van der Waals surface area contributed by atoms with Gasteiger partial charge in [0.05, 0.1) is 6.04 Å². The maximum Gasteiger partial charge on any atom is 0.248 e. The SMILES string of the molecule is CC(NC(=O)C12CC3CC(CC(C3)C1)C2)c1cccc(C(N)=O)c1. The third kappa shape index (κ3) is 2.62. The molecule has 3 N–H and O–H groups in total. The van der Waals surface area contributed by atoms with Crippen LogP contribution >= 0.6 is 0 Å². The third-order valence-corrected chi connectivity index (χ3v) is 6.54. The number of rotatable bonds is 4. The van der Waals surface area contributed by atoms with Crippen LogP contribution in [0.4, 0.5) is 0 Å². The summed E-state index contributed by atoms with van der Waals surface area (Å²) in [6, 6.07) is 7.15. The molecule has 24 heavy (non-hydrogen) atoms. The fourth-order valence-electron chi connectivity index (χ4n) is 5.78. The fourth-order valence-corrected chi connectivity index (χ4v) is 5.78. The molecule has 1 unspecified atom stereocenters. The Bertz CT molecular complexity index is 647. The highest BCUT2D eigenvalue weighted by Gasteiger charge is 2.54. The molecule has 1 aromatic carbocycles. The lowest BCUT2D eigenvalue weighted by atomic mass is 9.49. The fraction of sp³-hybridized carbons (Fsp3) is 0.600. The highest BCUT2D eigenvalue weighted by Crippen LogP contribution is 2.60. The van der Waals surface area contributed by atoms with Gasteiger partial charge in [-0.05, 0) is 80.9 Å². The highest BCUT2D eigenvalue weighted by atomic mass is 16.2. The summed E-state index contributed by atoms with van der Waals surface area (Å²) in [5.74, 6) is 2.07. The van der Waals surface area contributed by atoms with Crippen molar-refractivity contribution in [3.63, 3.8) is 0 Å². The maximum atomic E-state index is 13.1. The molecule has 0 spiro atoms. The number of amides is 2. The van der Waals surface area contributed by atoms with Crippen LogP contribution in [0, 0.1) is 23.2 Å². The van der Waals surface area contributed by atoms with Gasteiger partial charge in [0.25, 0.3) is 0 Å². The highest BCUT2D eigenvalue weighted by molar-refractivity contribution is 5.93. The molecule has 4 aliphatic rings. The molecule has 5 rings (SSSR count). The molecule has 0 heterocycles. The number of carbonyl (C=O) groups excluding carboxylic acids is 2. The van der Waals surface area contributed by atoms with Crippen molar-refractivity contribution < 1.29 is 9.59 Å². The second-order valence-electron chi connectivity index (χ2n) is 8.38. The first-order valence-electron chi connectivity index (χ1n) is 9.16. The van der Waals surface area contributed by atoms with E-state index in [1.165, 1.54) is 19.3 Å². The molecule has 1 atom stereocenters. The summed E-state index contributed by atoms with van der Waals surface area (Å²) in [7, 11) is 0. The van der Waals surface area contributed by atoms with E-state index in [1.54, 1.807) is 12.1 Å². The smallest absolute Gasteiger partial charge is 0.248 e. The van der Waals surface area contributed by atoms with Crippen molar-refractivity contribution in [3.8, 4) is 0 Å². The van der Waals surface area contributed by atoms with Crippen molar-refractivity contribution in [3.05, 3.63) is 35.4 Å². The number of benzene rings is 1. The number of nitrogens with one attached hydrogen (secondary N) is 1. The van der Waals surface area contributed by atoms with Gasteiger partial charge in [0.15, 0.2) is 0 Å². The van der Waals surface area contributed by atoms with E-state index >= 15 is 0 Å². The number of hydrogen-bond donors (Lipinski definition) is 2. The van der Waals surface area contributed by atoms with Gasteiger partial charge in [-0.25, -0.2) is 0 Å². The molecule has 2 amide bonds. The van der Waals surface area contributed by atoms with E-state index in [0.29, 0.717) is 5.56 Å². The molecule has 128 valence electrons. The van der Waals surface area contributed by atoms with E-state index in [0.717, 1.165) is 42.6 Å². The number of nitrogens with two attached hydrogens (primary N) is 1. The minimum Gasteiger partial charge on any atom is -0.366 e. The molecule has 0 aliphatic heterocycles. The van der Waals surface area contributed by atoms with Crippen LogP contribution < -0.4 is 11.1 Å². The summed E-state index contributed by atoms with van der Waals surface area (Å²) < 4.78 is 0. The molecule has 4 aliphatic carbocycles. The van der Waals surface area contributed by atoms with Gasteiger partial charge in [0, 0.05) is 11.0 Å². The van der Waals surface area contributed by atoms with Crippen LogP contribution in [0.5, 0.6) is 0 Å². The summed E-state index contributed by atoms with van der Waals surface area (Å²) in [6.45, 7) is 1.98. The van der Waals surface area contributed by atoms with Crippen molar-refractivity contribution >= 4 is 11.8 Å². The topological polar surface area (TPSA) is 72.2 Å². The van der Waals surface area contributed by atoms with Gasteiger partial charge >= 0.3 is 0 Å². The Hall–Kier alpha value is -1.84. The second-order valence-corrected chi connectivity index (χ2v) is 8.38. The van der Waals surface area contributed by atoms with Crippen LogP contribution in [0.15, 0.2) is 24.3 Å². The van der Waals surface area contributed by atoms with Crippen molar-refractivity contribution in [1.29, 1.82) is 0 Å². The van der Waals surface area contributed by atoms with Crippen LogP contribution in [0.25, 0.3) is 0 Å². The van der Waals surface area contributed by atoms with Gasteiger partial charge in [-0.15, -0.1) is 0 Å². The molecule has 4 nitrogen and oxygen atoms in total. The van der Waals surface area contributed by atoms with E-state index in [4.69, 9.17) is 5.73 Å². The maximum absolute atomic E-state index is 13.1. The Labute approximate surface area is 143 Å². The largest absolute Gasteiger partial charge is 0.366 e. The van der Waals surface area contributed by atoms with Crippen molar-refractivity contribution in [1.82, 2.24) is 5.32 Å². The quantitative estimate of drug-likeness (QED) is 0.892. The average Bonchev–Trinajstić information content (AvgIpc) is 2.53. The molecule has 4 fully saturated rings. The molecule has 4 bridgehead atoms. The van der Waals surface area contributed by atoms with Crippen LogP contribution in [-0.4, -0.2) is 11.8 Å². The number of carbonyl (C=O) groups is 2. The Morgan fingerprint density at radius 2 is 1.71 bits per heavy atom. The van der Waals surface area contributed by atoms with Gasteiger partial charge < -0.3 is 11.1 Å². The molecule has 0 aromatic heterocycles. The predicted molar refractivity (Wildman–Crippen MR) is 92.1 cm³/mol. The normalized spacial score (nSPS) is 34.8. The van der Waals surface area contributed by atoms with Gasteiger partial charge in [0.1, 0.15) is 0 Å². The number of hydrogen-bond acceptors (Lipinski definition) is 2. The number of primary amides is 1. The predicted octanol–water partition coefficient (Wildman–Crippen LogP) is 3.18. The summed E-state index contributed by atoms with van der Waals surface area (Å²) in [5, 5.41) is 3.23. The van der Waals surface area contributed by atoms with Crippen molar-refractivity contribution in [2.45, 2.75) is 51.5 Å². The van der Waals surface area contributed by atoms with Gasteiger partial charge in [-0.2, -0.15) is 0 Å². The van der Waals surface area contributed by atoms with Crippen molar-refractivity contribution in [2.24, 2.45) is 28.9 Å². The van der Waals surface area contributed by atoms with Crippen LogP contribution in [-0.2, 0) is 4.79 Å². The first-order chi connectivity index (χ1) is 11.4. The second kappa shape index (κ2) is 5.61. The van der Waals surface area contributed by atoms with E-state index in [1.807, 2.05) is 19.1 Å². The molecule has 4 saturated carbocycles. The summed E-state index contributed by atoms with van der Waals surface area (Å²) in [4.78, 5) is 24.5. The zero-order chi connectivity index (χ0) is 16.9. The Balaban J connectivity index is 1.50. The molecule has 4 heteroatoms. The summed E-state index contributed by atoms with van der Waals surface area (Å²) >= 11 is 0. The van der Waals surface area contributed by atoms with Gasteiger partial charge in [-0.3, -0.25) is 9.59 Å². The molecule has 0 saturated heterocycles. The van der Waals surface area contributed by atoms with E-state index in [2.05, 4.69) is 5.32 Å². The minimum atomic E-state index is -0.434. The molecule has 0 radical (unpaired) electrons. The monoisotopic (exact) mass is 326 g/mol. The van der Waals surface area contributed by atoms with E-state index < -0.39 is 5.91 Å². The lowest BCUT2D eigenvalue weighted by molar-refractivity contribution is -0.147. The molecular weight excluding hydrogens is 300 g/mol. The standard InChI is InChI=1S/C20H26N2O2/c1-12(16-3-2-4-17(8-16)18(21)23)22-19(24)20-9-13-5-14(10-20)7-15(6-13)11-20/h2-4,8,12-15H,5-7,9-11H2,1H3,(H2,21,23)(H,22,24). The van der Waals surface area contributed by atoms with E-state index in [9.17, 15) is 9.59 Å². The van der Waals surface area contributed by atoms with Gasteiger partial charge in [-0.1, -0.05) is 12.1 Å². The van der Waals surface area contributed by atoms with E-state index in [-0.39, 0.29) is 17.4 Å². The minimum absolute atomic E-state index is 0.107. The van der Waals surface area contributed by atoms with Crippen molar-refractivity contribution in [2.75, 3.05) is 0 Å². The first-order valence-corrected chi connectivity index (χ1v) is 9.16. The first kappa shape index (κ1) is 15.7. The Kier molecular flexibility index (Phi) is 3.66. The molecule has 1 aromatic rings. The Morgan fingerprint density at radius 3 is 2.25 bits per heavy atom. The zero-order valence-corrected chi connectivity index (χ0v) is 14.3. The summed E-state index contributed by atoms with van der Waals surface area (Å²) in [5.41, 5.74) is 6.65. The lowest BCUT2D eigenvalue weighted by Gasteiger charge is -2.55. The summed E-state index contributed by atoms with van der Waals surface area (Å²) in [6.07, 6.45) is 7.21. The third-order valence-electron chi connectivity index (χ3n) is 6.54. The van der Waals surface area contributed by atoms with Crippen LogP contribution in [0.1, 0.15) is 67.4 Å². The lowest BCUT2D eigenvalue weighted by Crippen LogP contribution is -2.53. The van der Waals surface area contributed by atoms with Crippen LogP contribution in [0.2, 0.25) is 0 Å². The zero-order valence-electron chi connectivity index (χ0n) is 14.3.